The molecule has 5 heteroatoms. The van der Waals surface area contributed by atoms with Crippen molar-refractivity contribution >= 4 is 23.2 Å². The summed E-state index contributed by atoms with van der Waals surface area (Å²) >= 11 is 0. The summed E-state index contributed by atoms with van der Waals surface area (Å²) in [5, 5.41) is 5.67. The van der Waals surface area contributed by atoms with Crippen molar-refractivity contribution in [2.75, 3.05) is 10.6 Å². The van der Waals surface area contributed by atoms with Crippen LogP contribution in [0.5, 0.6) is 0 Å². The molecule has 1 heterocycles. The van der Waals surface area contributed by atoms with E-state index < -0.39 is 6.04 Å². The first-order valence-corrected chi connectivity index (χ1v) is 7.65. The Morgan fingerprint density at radius 1 is 1.17 bits per heavy atom. The number of nitrogens with two attached hydrogens (primary N) is 1. The van der Waals surface area contributed by atoms with Crippen LogP contribution in [0.4, 0.5) is 11.4 Å². The normalized spacial score (nSPS) is 14.6. The number of fused-ring (bicyclic) bond motifs is 1. The molecule has 2 amide bonds. The average Bonchev–Trinajstić information content (AvgIpc) is 2.56. The molecule has 4 N–H and O–H groups in total. The third-order valence-electron chi connectivity index (χ3n) is 3.90. The SMILES string of the molecule is NC(Cc1ccccc1)C(=O)Nc1ccc2c(c1)CCC(=O)N2. The third kappa shape index (κ3) is 3.76. The summed E-state index contributed by atoms with van der Waals surface area (Å²) in [5.41, 5.74) is 9.56. The largest absolute Gasteiger partial charge is 0.326 e. The summed E-state index contributed by atoms with van der Waals surface area (Å²) in [6.45, 7) is 0. The lowest BCUT2D eigenvalue weighted by Crippen LogP contribution is -2.37. The second kappa shape index (κ2) is 6.62. The molecule has 0 bridgehead atoms. The molecular weight excluding hydrogens is 290 g/mol. The van der Waals surface area contributed by atoms with Crippen molar-refractivity contribution < 1.29 is 9.59 Å². The van der Waals surface area contributed by atoms with Crippen LogP contribution in [0, 0.1) is 0 Å². The molecule has 0 aliphatic carbocycles. The van der Waals surface area contributed by atoms with Crippen molar-refractivity contribution in [1.29, 1.82) is 0 Å². The molecule has 0 saturated carbocycles. The molecule has 2 aromatic carbocycles. The van der Waals surface area contributed by atoms with Gasteiger partial charge in [0.05, 0.1) is 6.04 Å². The van der Waals surface area contributed by atoms with Crippen molar-refractivity contribution in [3.63, 3.8) is 0 Å². The number of hydrogen-bond acceptors (Lipinski definition) is 3. The number of aryl methyl sites for hydroxylation is 1. The standard InChI is InChI=1S/C18H19N3O2/c19-15(10-12-4-2-1-3-5-12)18(23)20-14-7-8-16-13(11-14)6-9-17(22)21-16/h1-5,7-8,11,15H,6,9-10,19H2,(H,20,23)(H,21,22). The zero-order valence-corrected chi connectivity index (χ0v) is 12.7. The van der Waals surface area contributed by atoms with Gasteiger partial charge in [-0.2, -0.15) is 0 Å². The molecular formula is C18H19N3O2. The van der Waals surface area contributed by atoms with Crippen LogP contribution in [0.2, 0.25) is 0 Å². The Bertz CT molecular complexity index is 728. The van der Waals surface area contributed by atoms with Crippen LogP contribution in [0.25, 0.3) is 0 Å². The molecule has 3 rings (SSSR count). The van der Waals surface area contributed by atoms with E-state index in [-0.39, 0.29) is 11.8 Å². The van der Waals surface area contributed by atoms with E-state index in [9.17, 15) is 9.59 Å². The van der Waals surface area contributed by atoms with Crippen molar-refractivity contribution in [2.24, 2.45) is 5.73 Å². The minimum absolute atomic E-state index is 0.0270. The van der Waals surface area contributed by atoms with E-state index in [1.165, 1.54) is 0 Å². The summed E-state index contributed by atoms with van der Waals surface area (Å²) in [4.78, 5) is 23.6. The van der Waals surface area contributed by atoms with Gasteiger partial charge in [0.15, 0.2) is 0 Å². The molecule has 118 valence electrons. The van der Waals surface area contributed by atoms with E-state index >= 15 is 0 Å². The molecule has 0 radical (unpaired) electrons. The van der Waals surface area contributed by atoms with Gasteiger partial charge in [-0.3, -0.25) is 9.59 Å². The van der Waals surface area contributed by atoms with Gasteiger partial charge in [-0.1, -0.05) is 30.3 Å². The van der Waals surface area contributed by atoms with E-state index in [2.05, 4.69) is 10.6 Å². The molecule has 1 unspecified atom stereocenters. The Hall–Kier alpha value is -2.66. The van der Waals surface area contributed by atoms with Crippen molar-refractivity contribution in [1.82, 2.24) is 0 Å². The number of benzene rings is 2. The Morgan fingerprint density at radius 2 is 1.96 bits per heavy atom. The maximum atomic E-state index is 12.2. The van der Waals surface area contributed by atoms with Gasteiger partial charge >= 0.3 is 0 Å². The van der Waals surface area contributed by atoms with E-state index in [0.29, 0.717) is 24.9 Å². The summed E-state index contributed by atoms with van der Waals surface area (Å²) in [5.74, 6) is -0.187. The number of amides is 2. The lowest BCUT2D eigenvalue weighted by Gasteiger charge is -2.18. The van der Waals surface area contributed by atoms with E-state index in [1.54, 1.807) is 6.07 Å². The van der Waals surface area contributed by atoms with Crippen LogP contribution in [-0.4, -0.2) is 17.9 Å². The Balaban J connectivity index is 1.64. The van der Waals surface area contributed by atoms with E-state index in [0.717, 1.165) is 16.8 Å². The number of carbonyl (C=O) groups is 2. The van der Waals surface area contributed by atoms with Crippen LogP contribution in [0.1, 0.15) is 17.5 Å². The van der Waals surface area contributed by atoms with Gasteiger partial charge in [0.2, 0.25) is 11.8 Å². The zero-order chi connectivity index (χ0) is 16.2. The number of anilines is 2. The van der Waals surface area contributed by atoms with Crippen molar-refractivity contribution in [3.8, 4) is 0 Å². The van der Waals surface area contributed by atoms with Crippen LogP contribution >= 0.6 is 0 Å². The van der Waals surface area contributed by atoms with Crippen molar-refractivity contribution in [2.45, 2.75) is 25.3 Å². The molecule has 0 spiro atoms. The summed E-state index contributed by atoms with van der Waals surface area (Å²) < 4.78 is 0. The van der Waals surface area contributed by atoms with Gasteiger partial charge in [0, 0.05) is 17.8 Å². The van der Waals surface area contributed by atoms with Crippen LogP contribution in [-0.2, 0) is 22.4 Å². The Morgan fingerprint density at radius 3 is 2.74 bits per heavy atom. The summed E-state index contributed by atoms with van der Waals surface area (Å²) in [6.07, 6.45) is 1.65. The van der Waals surface area contributed by atoms with Crippen LogP contribution < -0.4 is 16.4 Å². The average molecular weight is 309 g/mol. The lowest BCUT2D eigenvalue weighted by atomic mass is 10.0. The van der Waals surface area contributed by atoms with Gasteiger partial charge in [-0.25, -0.2) is 0 Å². The first-order chi connectivity index (χ1) is 11.1. The molecule has 2 aromatic rings. The van der Waals surface area contributed by atoms with E-state index in [4.69, 9.17) is 5.73 Å². The highest BCUT2D eigenvalue weighted by atomic mass is 16.2. The molecule has 0 aromatic heterocycles. The molecule has 1 atom stereocenters. The molecule has 0 saturated heterocycles. The first-order valence-electron chi connectivity index (χ1n) is 7.65. The fraction of sp³-hybridized carbons (Fsp3) is 0.222. The summed E-state index contributed by atoms with van der Waals surface area (Å²) in [6, 6.07) is 14.6. The van der Waals surface area contributed by atoms with E-state index in [1.807, 2.05) is 42.5 Å². The monoisotopic (exact) mass is 309 g/mol. The zero-order valence-electron chi connectivity index (χ0n) is 12.7. The quantitative estimate of drug-likeness (QED) is 0.808. The number of hydrogen-bond donors (Lipinski definition) is 3. The number of rotatable bonds is 4. The molecule has 23 heavy (non-hydrogen) atoms. The van der Waals surface area contributed by atoms with Gasteiger partial charge < -0.3 is 16.4 Å². The summed E-state index contributed by atoms with van der Waals surface area (Å²) in [7, 11) is 0. The highest BCUT2D eigenvalue weighted by Gasteiger charge is 2.17. The van der Waals surface area contributed by atoms with Gasteiger partial charge in [0.25, 0.3) is 0 Å². The number of nitrogens with one attached hydrogen (secondary N) is 2. The highest BCUT2D eigenvalue weighted by molar-refractivity contribution is 5.97. The van der Waals surface area contributed by atoms with Gasteiger partial charge in [0.1, 0.15) is 0 Å². The molecule has 1 aliphatic heterocycles. The second-order valence-electron chi connectivity index (χ2n) is 5.71. The minimum Gasteiger partial charge on any atom is -0.326 e. The third-order valence-corrected chi connectivity index (χ3v) is 3.90. The maximum absolute atomic E-state index is 12.2. The molecule has 1 aliphatic rings. The number of carbonyl (C=O) groups excluding carboxylic acids is 2. The second-order valence-corrected chi connectivity index (χ2v) is 5.71. The van der Waals surface area contributed by atoms with Gasteiger partial charge in [-0.05, 0) is 42.2 Å². The smallest absolute Gasteiger partial charge is 0.241 e. The fourth-order valence-corrected chi connectivity index (χ4v) is 2.66. The van der Waals surface area contributed by atoms with Crippen molar-refractivity contribution in [3.05, 3.63) is 59.7 Å². The van der Waals surface area contributed by atoms with Gasteiger partial charge in [-0.15, -0.1) is 0 Å². The lowest BCUT2D eigenvalue weighted by molar-refractivity contribution is -0.117. The molecule has 0 fully saturated rings. The topological polar surface area (TPSA) is 84.2 Å². The minimum atomic E-state index is -0.604. The van der Waals surface area contributed by atoms with Crippen LogP contribution in [0.15, 0.2) is 48.5 Å². The maximum Gasteiger partial charge on any atom is 0.241 e. The predicted molar refractivity (Wildman–Crippen MR) is 90.1 cm³/mol. The van der Waals surface area contributed by atoms with Crippen LogP contribution in [0.3, 0.4) is 0 Å². The Labute approximate surface area is 134 Å². The fourth-order valence-electron chi connectivity index (χ4n) is 2.66. The predicted octanol–water partition coefficient (Wildman–Crippen LogP) is 2.08. The Kier molecular flexibility index (Phi) is 4.39. The molecule has 5 nitrogen and oxygen atoms in total. The first kappa shape index (κ1) is 15.2. The highest BCUT2D eigenvalue weighted by Crippen LogP contribution is 2.25.